The summed E-state index contributed by atoms with van der Waals surface area (Å²) < 4.78 is 5.58. The molecule has 1 aromatic carbocycles. The zero-order chi connectivity index (χ0) is 13.4. The number of hydrogen-bond donors (Lipinski definition) is 1. The van der Waals surface area contributed by atoms with Crippen LogP contribution in [0.15, 0.2) is 18.2 Å². The van der Waals surface area contributed by atoms with Crippen molar-refractivity contribution in [3.63, 3.8) is 0 Å². The molecule has 3 nitrogen and oxygen atoms in total. The maximum Gasteiger partial charge on any atom is 0.122 e. The maximum absolute atomic E-state index is 6.05. The Morgan fingerprint density at radius 3 is 2.74 bits per heavy atom. The summed E-state index contributed by atoms with van der Waals surface area (Å²) in [6.45, 7) is 8.53. The van der Waals surface area contributed by atoms with Gasteiger partial charge in [-0.2, -0.15) is 0 Å². The molecule has 104 valence electrons. The van der Waals surface area contributed by atoms with Gasteiger partial charge < -0.3 is 10.5 Å². The van der Waals surface area contributed by atoms with Gasteiger partial charge in [0.25, 0.3) is 0 Å². The molecule has 0 aromatic heterocycles. The van der Waals surface area contributed by atoms with Crippen LogP contribution in [0, 0.1) is 11.8 Å². The summed E-state index contributed by atoms with van der Waals surface area (Å²) in [7, 11) is 0. The van der Waals surface area contributed by atoms with Gasteiger partial charge in [0, 0.05) is 32.1 Å². The van der Waals surface area contributed by atoms with E-state index in [0.717, 1.165) is 43.7 Å². The van der Waals surface area contributed by atoms with E-state index in [4.69, 9.17) is 10.5 Å². The van der Waals surface area contributed by atoms with Crippen LogP contribution in [0.25, 0.3) is 0 Å². The fourth-order valence-corrected chi connectivity index (χ4v) is 3.34. The zero-order valence-electron chi connectivity index (χ0n) is 11.9. The first kappa shape index (κ1) is 12.9. The number of rotatable bonds is 3. The highest BCUT2D eigenvalue weighted by atomic mass is 16.5. The molecule has 2 heterocycles. The molecule has 1 fully saturated rings. The predicted molar refractivity (Wildman–Crippen MR) is 77.3 cm³/mol. The van der Waals surface area contributed by atoms with Crippen molar-refractivity contribution in [2.24, 2.45) is 17.6 Å². The molecular formula is C16H24N2O. The average Bonchev–Trinajstić information content (AvgIpc) is 2.98. The molecule has 2 N–H and O–H groups in total. The highest BCUT2D eigenvalue weighted by Gasteiger charge is 2.31. The van der Waals surface area contributed by atoms with Crippen LogP contribution in [0.1, 0.15) is 31.0 Å². The molecule has 3 unspecified atom stereocenters. The standard InChI is InChI=1S/C16H24N2O/c1-11-9-18(10-12(11)2)15(8-17)13-3-4-16-14(7-13)5-6-19-16/h3-4,7,11-12,15H,5-6,8-10,17H2,1-2H3. The molecular weight excluding hydrogens is 236 g/mol. The van der Waals surface area contributed by atoms with Gasteiger partial charge in [-0.05, 0) is 29.0 Å². The van der Waals surface area contributed by atoms with Crippen molar-refractivity contribution in [3.05, 3.63) is 29.3 Å². The summed E-state index contributed by atoms with van der Waals surface area (Å²) in [5.41, 5.74) is 8.75. The first-order valence-corrected chi connectivity index (χ1v) is 7.38. The van der Waals surface area contributed by atoms with Crippen molar-refractivity contribution in [2.75, 3.05) is 26.2 Å². The van der Waals surface area contributed by atoms with Gasteiger partial charge in [-0.3, -0.25) is 4.90 Å². The monoisotopic (exact) mass is 260 g/mol. The minimum Gasteiger partial charge on any atom is -0.493 e. The zero-order valence-corrected chi connectivity index (χ0v) is 11.9. The van der Waals surface area contributed by atoms with E-state index in [-0.39, 0.29) is 0 Å². The van der Waals surface area contributed by atoms with Gasteiger partial charge in [0.05, 0.1) is 6.61 Å². The van der Waals surface area contributed by atoms with Gasteiger partial charge in [0.1, 0.15) is 5.75 Å². The number of nitrogens with zero attached hydrogens (tertiary/aromatic N) is 1. The lowest BCUT2D eigenvalue weighted by Gasteiger charge is -2.27. The van der Waals surface area contributed by atoms with Crippen molar-refractivity contribution in [1.29, 1.82) is 0 Å². The van der Waals surface area contributed by atoms with E-state index in [2.05, 4.69) is 36.9 Å². The fraction of sp³-hybridized carbons (Fsp3) is 0.625. The average molecular weight is 260 g/mol. The van der Waals surface area contributed by atoms with E-state index in [1.54, 1.807) is 0 Å². The van der Waals surface area contributed by atoms with E-state index in [1.165, 1.54) is 11.1 Å². The van der Waals surface area contributed by atoms with Crippen LogP contribution in [0.2, 0.25) is 0 Å². The van der Waals surface area contributed by atoms with Crippen LogP contribution >= 0.6 is 0 Å². The fourth-order valence-electron chi connectivity index (χ4n) is 3.34. The van der Waals surface area contributed by atoms with Crippen LogP contribution in [-0.2, 0) is 6.42 Å². The Morgan fingerprint density at radius 2 is 2.05 bits per heavy atom. The van der Waals surface area contributed by atoms with Crippen LogP contribution in [0.3, 0.4) is 0 Å². The molecule has 3 atom stereocenters. The van der Waals surface area contributed by atoms with Crippen LogP contribution in [-0.4, -0.2) is 31.1 Å². The molecule has 19 heavy (non-hydrogen) atoms. The molecule has 2 aliphatic rings. The molecule has 0 aliphatic carbocycles. The van der Waals surface area contributed by atoms with E-state index in [0.29, 0.717) is 12.6 Å². The number of fused-ring (bicyclic) bond motifs is 1. The predicted octanol–water partition coefficient (Wildman–Crippen LogP) is 2.21. The number of likely N-dealkylation sites (tertiary alicyclic amines) is 1. The van der Waals surface area contributed by atoms with Gasteiger partial charge in [-0.25, -0.2) is 0 Å². The topological polar surface area (TPSA) is 38.5 Å². The smallest absolute Gasteiger partial charge is 0.122 e. The number of nitrogens with two attached hydrogens (primary N) is 1. The molecule has 1 aromatic rings. The Hall–Kier alpha value is -1.06. The number of hydrogen-bond acceptors (Lipinski definition) is 3. The first-order valence-electron chi connectivity index (χ1n) is 7.38. The lowest BCUT2D eigenvalue weighted by atomic mass is 10.0. The SMILES string of the molecule is CC1CN(C(CN)c2ccc3c(c2)CCO3)CC1C. The van der Waals surface area contributed by atoms with Crippen LogP contribution in [0.4, 0.5) is 0 Å². The minimum atomic E-state index is 0.360. The molecule has 3 heteroatoms. The largest absolute Gasteiger partial charge is 0.493 e. The van der Waals surface area contributed by atoms with Gasteiger partial charge in [-0.1, -0.05) is 26.0 Å². The van der Waals surface area contributed by atoms with Crippen molar-refractivity contribution >= 4 is 0 Å². The molecule has 1 saturated heterocycles. The molecule has 0 radical (unpaired) electrons. The molecule has 0 amide bonds. The summed E-state index contributed by atoms with van der Waals surface area (Å²) >= 11 is 0. The Labute approximate surface area is 115 Å². The van der Waals surface area contributed by atoms with Gasteiger partial charge in [0.15, 0.2) is 0 Å². The Bertz CT molecular complexity index is 450. The second-order valence-electron chi connectivity index (χ2n) is 6.13. The van der Waals surface area contributed by atoms with Crippen molar-refractivity contribution in [3.8, 4) is 5.75 Å². The third kappa shape index (κ3) is 2.37. The number of benzene rings is 1. The lowest BCUT2D eigenvalue weighted by Crippen LogP contribution is -2.32. The quantitative estimate of drug-likeness (QED) is 0.905. The van der Waals surface area contributed by atoms with E-state index >= 15 is 0 Å². The first-order chi connectivity index (χ1) is 9.19. The Balaban J connectivity index is 1.82. The molecule has 3 rings (SSSR count). The van der Waals surface area contributed by atoms with E-state index in [1.807, 2.05) is 0 Å². The molecule has 0 saturated carbocycles. The van der Waals surface area contributed by atoms with Crippen LogP contribution < -0.4 is 10.5 Å². The van der Waals surface area contributed by atoms with Crippen LogP contribution in [0.5, 0.6) is 5.75 Å². The summed E-state index contributed by atoms with van der Waals surface area (Å²) in [6.07, 6.45) is 1.03. The second kappa shape index (κ2) is 5.14. The van der Waals surface area contributed by atoms with Crippen molar-refractivity contribution in [2.45, 2.75) is 26.3 Å². The van der Waals surface area contributed by atoms with Gasteiger partial charge in [-0.15, -0.1) is 0 Å². The Morgan fingerprint density at radius 1 is 1.32 bits per heavy atom. The molecule has 2 aliphatic heterocycles. The third-order valence-corrected chi connectivity index (χ3v) is 4.78. The molecule has 0 spiro atoms. The Kier molecular flexibility index (Phi) is 3.50. The van der Waals surface area contributed by atoms with Gasteiger partial charge >= 0.3 is 0 Å². The minimum absolute atomic E-state index is 0.360. The highest BCUT2D eigenvalue weighted by Crippen LogP contribution is 2.33. The summed E-state index contributed by atoms with van der Waals surface area (Å²) in [5.74, 6) is 2.60. The summed E-state index contributed by atoms with van der Waals surface area (Å²) in [5, 5.41) is 0. The van der Waals surface area contributed by atoms with Crippen molar-refractivity contribution in [1.82, 2.24) is 4.90 Å². The molecule has 0 bridgehead atoms. The normalized spacial score (nSPS) is 28.2. The second-order valence-corrected chi connectivity index (χ2v) is 6.13. The summed E-state index contributed by atoms with van der Waals surface area (Å²) in [4.78, 5) is 2.55. The third-order valence-electron chi connectivity index (χ3n) is 4.78. The number of ether oxygens (including phenoxy) is 1. The lowest BCUT2D eigenvalue weighted by molar-refractivity contribution is 0.240. The van der Waals surface area contributed by atoms with E-state index < -0.39 is 0 Å². The summed E-state index contributed by atoms with van der Waals surface area (Å²) in [6, 6.07) is 6.96. The van der Waals surface area contributed by atoms with Gasteiger partial charge in [0.2, 0.25) is 0 Å². The van der Waals surface area contributed by atoms with E-state index in [9.17, 15) is 0 Å². The highest BCUT2D eigenvalue weighted by molar-refractivity contribution is 5.41. The maximum atomic E-state index is 6.05. The van der Waals surface area contributed by atoms with Crippen molar-refractivity contribution < 1.29 is 4.74 Å².